The summed E-state index contributed by atoms with van der Waals surface area (Å²) < 4.78 is 17.6. The van der Waals surface area contributed by atoms with Crippen molar-refractivity contribution in [2.45, 2.75) is 12.8 Å². The van der Waals surface area contributed by atoms with E-state index in [1.165, 1.54) is 12.1 Å². The second kappa shape index (κ2) is 6.64. The lowest BCUT2D eigenvalue weighted by Gasteiger charge is -2.07. The molecule has 1 aromatic rings. The van der Waals surface area contributed by atoms with Crippen LogP contribution in [0.1, 0.15) is 12.8 Å². The third-order valence-electron chi connectivity index (χ3n) is 2.02. The van der Waals surface area contributed by atoms with Gasteiger partial charge in [0.05, 0.1) is 10.7 Å². The van der Waals surface area contributed by atoms with Crippen LogP contribution in [0.15, 0.2) is 18.2 Å². The number of unbranched alkanes of at least 4 members (excludes halogenated alkanes) is 1. The van der Waals surface area contributed by atoms with E-state index in [0.29, 0.717) is 5.02 Å². The molecule has 0 bridgehead atoms. The molecule has 0 fully saturated rings. The molecule has 0 spiro atoms. The van der Waals surface area contributed by atoms with E-state index >= 15 is 0 Å². The van der Waals surface area contributed by atoms with Crippen LogP contribution in [-0.4, -0.2) is 20.3 Å². The molecule has 0 saturated carbocycles. The molecule has 0 aromatic heterocycles. The molecule has 0 amide bonds. The summed E-state index contributed by atoms with van der Waals surface area (Å²) in [6, 6.07) is 4.34. The summed E-state index contributed by atoms with van der Waals surface area (Å²) >= 11 is 5.84. The Bertz CT molecular complexity index is 307. The van der Waals surface area contributed by atoms with Gasteiger partial charge in [0, 0.05) is 20.3 Å². The Balaban J connectivity index is 2.31. The highest BCUT2D eigenvalue weighted by molar-refractivity contribution is 6.33. The molecule has 0 aliphatic heterocycles. The maximum atomic E-state index is 12.7. The quantitative estimate of drug-likeness (QED) is 0.759. The molecule has 4 heteroatoms. The maximum Gasteiger partial charge on any atom is 0.124 e. The van der Waals surface area contributed by atoms with Crippen LogP contribution in [0.25, 0.3) is 0 Å². The molecular formula is C11H15ClFNO. The van der Waals surface area contributed by atoms with Crippen LogP contribution in [0.4, 0.5) is 10.1 Å². The van der Waals surface area contributed by atoms with Gasteiger partial charge < -0.3 is 10.1 Å². The molecule has 84 valence electrons. The first-order chi connectivity index (χ1) is 7.24. The third kappa shape index (κ3) is 4.49. The van der Waals surface area contributed by atoms with Crippen molar-refractivity contribution >= 4 is 17.3 Å². The Hall–Kier alpha value is -0.800. The number of hydrogen-bond donors (Lipinski definition) is 1. The average Bonchev–Trinajstić information content (AvgIpc) is 2.20. The number of ether oxygens (including phenoxy) is 1. The highest BCUT2D eigenvalue weighted by atomic mass is 35.5. The number of rotatable bonds is 6. The van der Waals surface area contributed by atoms with Gasteiger partial charge in [-0.1, -0.05) is 11.6 Å². The van der Waals surface area contributed by atoms with Crippen molar-refractivity contribution < 1.29 is 9.13 Å². The smallest absolute Gasteiger partial charge is 0.124 e. The zero-order chi connectivity index (χ0) is 11.1. The number of hydrogen-bond acceptors (Lipinski definition) is 2. The highest BCUT2D eigenvalue weighted by Gasteiger charge is 2.00. The molecule has 0 aliphatic carbocycles. The van der Waals surface area contributed by atoms with Gasteiger partial charge in [0.1, 0.15) is 5.82 Å². The van der Waals surface area contributed by atoms with Crippen molar-refractivity contribution in [2.24, 2.45) is 0 Å². The number of anilines is 1. The monoisotopic (exact) mass is 231 g/mol. The van der Waals surface area contributed by atoms with Crippen molar-refractivity contribution in [3.8, 4) is 0 Å². The Labute approximate surface area is 94.4 Å². The van der Waals surface area contributed by atoms with Gasteiger partial charge in [-0.05, 0) is 31.0 Å². The number of nitrogens with one attached hydrogen (secondary N) is 1. The van der Waals surface area contributed by atoms with Gasteiger partial charge in [-0.2, -0.15) is 0 Å². The second-order valence-electron chi connectivity index (χ2n) is 3.25. The molecule has 0 unspecified atom stereocenters. The Morgan fingerprint density at radius 3 is 2.87 bits per heavy atom. The Morgan fingerprint density at radius 1 is 1.40 bits per heavy atom. The zero-order valence-electron chi connectivity index (χ0n) is 8.72. The van der Waals surface area contributed by atoms with E-state index in [1.54, 1.807) is 13.2 Å². The van der Waals surface area contributed by atoms with Crippen molar-refractivity contribution in [3.63, 3.8) is 0 Å². The Kier molecular flexibility index (Phi) is 5.43. The summed E-state index contributed by atoms with van der Waals surface area (Å²) in [7, 11) is 1.68. The fourth-order valence-electron chi connectivity index (χ4n) is 1.23. The van der Waals surface area contributed by atoms with Crippen LogP contribution >= 0.6 is 11.6 Å². The minimum absolute atomic E-state index is 0.315. The standard InChI is InChI=1S/C11H15ClFNO/c1-15-7-3-2-6-14-11-5-4-9(13)8-10(11)12/h4-5,8,14H,2-3,6-7H2,1H3. The number of methoxy groups -OCH3 is 1. The lowest BCUT2D eigenvalue weighted by molar-refractivity contribution is 0.194. The molecule has 1 rings (SSSR count). The van der Waals surface area contributed by atoms with Crippen molar-refractivity contribution in [1.82, 2.24) is 0 Å². The first kappa shape index (κ1) is 12.3. The normalized spacial score (nSPS) is 10.3. The van der Waals surface area contributed by atoms with Crippen LogP contribution in [0.5, 0.6) is 0 Å². The SMILES string of the molecule is COCCCCNc1ccc(F)cc1Cl. The van der Waals surface area contributed by atoms with Gasteiger partial charge in [-0.3, -0.25) is 0 Å². The molecule has 0 radical (unpaired) electrons. The predicted octanol–water partition coefficient (Wildman–Crippen LogP) is 3.32. The van der Waals surface area contributed by atoms with Crippen LogP contribution in [0.2, 0.25) is 5.02 Å². The Morgan fingerprint density at radius 2 is 2.20 bits per heavy atom. The van der Waals surface area contributed by atoms with Gasteiger partial charge in [0.15, 0.2) is 0 Å². The van der Waals surface area contributed by atoms with E-state index in [2.05, 4.69) is 5.32 Å². The van der Waals surface area contributed by atoms with E-state index in [0.717, 1.165) is 31.7 Å². The average molecular weight is 232 g/mol. The largest absolute Gasteiger partial charge is 0.385 e. The second-order valence-corrected chi connectivity index (χ2v) is 3.66. The summed E-state index contributed by atoms with van der Waals surface area (Å²) in [4.78, 5) is 0. The van der Waals surface area contributed by atoms with Gasteiger partial charge >= 0.3 is 0 Å². The summed E-state index contributed by atoms with van der Waals surface area (Å²) in [5, 5.41) is 3.56. The van der Waals surface area contributed by atoms with E-state index in [1.807, 2.05) is 0 Å². The molecule has 1 aromatic carbocycles. The fourth-order valence-corrected chi connectivity index (χ4v) is 1.46. The molecule has 0 heterocycles. The van der Waals surface area contributed by atoms with Gasteiger partial charge in [0.2, 0.25) is 0 Å². The van der Waals surface area contributed by atoms with Gasteiger partial charge in [0.25, 0.3) is 0 Å². The first-order valence-corrected chi connectivity index (χ1v) is 5.29. The molecule has 0 atom stereocenters. The number of benzene rings is 1. The minimum atomic E-state index is -0.315. The lowest BCUT2D eigenvalue weighted by Crippen LogP contribution is -2.03. The van der Waals surface area contributed by atoms with Crippen LogP contribution < -0.4 is 5.32 Å². The third-order valence-corrected chi connectivity index (χ3v) is 2.33. The minimum Gasteiger partial charge on any atom is -0.385 e. The van der Waals surface area contributed by atoms with E-state index in [4.69, 9.17) is 16.3 Å². The summed E-state index contributed by atoms with van der Waals surface area (Å²) in [5.74, 6) is -0.315. The molecular weight excluding hydrogens is 217 g/mol. The molecule has 0 aliphatic rings. The van der Waals surface area contributed by atoms with Crippen molar-refractivity contribution in [2.75, 3.05) is 25.6 Å². The highest BCUT2D eigenvalue weighted by Crippen LogP contribution is 2.22. The first-order valence-electron chi connectivity index (χ1n) is 4.92. The fraction of sp³-hybridized carbons (Fsp3) is 0.455. The van der Waals surface area contributed by atoms with E-state index in [-0.39, 0.29) is 5.82 Å². The zero-order valence-corrected chi connectivity index (χ0v) is 9.48. The maximum absolute atomic E-state index is 12.7. The van der Waals surface area contributed by atoms with Gasteiger partial charge in [-0.25, -0.2) is 4.39 Å². The van der Waals surface area contributed by atoms with Crippen molar-refractivity contribution in [1.29, 1.82) is 0 Å². The topological polar surface area (TPSA) is 21.3 Å². The molecule has 0 saturated heterocycles. The summed E-state index contributed by atoms with van der Waals surface area (Å²) in [5.41, 5.74) is 0.774. The van der Waals surface area contributed by atoms with Crippen LogP contribution in [0, 0.1) is 5.82 Å². The van der Waals surface area contributed by atoms with E-state index in [9.17, 15) is 4.39 Å². The summed E-state index contributed by atoms with van der Waals surface area (Å²) in [6.45, 7) is 1.58. The molecule has 15 heavy (non-hydrogen) atoms. The molecule has 2 nitrogen and oxygen atoms in total. The van der Waals surface area contributed by atoms with E-state index < -0.39 is 0 Å². The lowest BCUT2D eigenvalue weighted by atomic mass is 10.3. The number of halogens is 2. The summed E-state index contributed by atoms with van der Waals surface area (Å²) in [6.07, 6.45) is 2.00. The van der Waals surface area contributed by atoms with Crippen LogP contribution in [-0.2, 0) is 4.74 Å². The molecule has 1 N–H and O–H groups in total. The van der Waals surface area contributed by atoms with Gasteiger partial charge in [-0.15, -0.1) is 0 Å². The van der Waals surface area contributed by atoms with Crippen molar-refractivity contribution in [3.05, 3.63) is 29.0 Å². The predicted molar refractivity (Wildman–Crippen MR) is 61.0 cm³/mol. The van der Waals surface area contributed by atoms with Crippen LogP contribution in [0.3, 0.4) is 0 Å².